The number of amides is 1. The fourth-order valence-electron chi connectivity index (χ4n) is 3.51. The lowest BCUT2D eigenvalue weighted by molar-refractivity contribution is 0.0947. The van der Waals surface area contributed by atoms with E-state index in [1.54, 1.807) is 0 Å². The van der Waals surface area contributed by atoms with E-state index in [0.717, 1.165) is 32.0 Å². The molecule has 0 saturated heterocycles. The number of carbonyl (C=O) groups excluding carboxylic acids is 1. The average Bonchev–Trinajstić information content (AvgIpc) is 2.71. The highest BCUT2D eigenvalue weighted by atomic mass is 79.9. The number of benzene rings is 1. The topological polar surface area (TPSA) is 34.0 Å². The van der Waals surface area contributed by atoms with E-state index in [4.69, 9.17) is 0 Å². The molecular formula is C18H22Br2N2O. The first-order valence-electron chi connectivity index (χ1n) is 8.28. The van der Waals surface area contributed by atoms with Crippen molar-refractivity contribution in [2.75, 3.05) is 6.54 Å². The van der Waals surface area contributed by atoms with Crippen LogP contribution in [-0.2, 0) is 7.05 Å². The number of hydrogen-bond acceptors (Lipinski definition) is 1. The van der Waals surface area contributed by atoms with Gasteiger partial charge in [-0.15, -0.1) is 0 Å². The minimum absolute atomic E-state index is 0.0304. The second-order valence-electron chi connectivity index (χ2n) is 6.50. The first-order chi connectivity index (χ1) is 11.1. The summed E-state index contributed by atoms with van der Waals surface area (Å²) in [6.07, 6.45) is 9.69. The van der Waals surface area contributed by atoms with Gasteiger partial charge in [0.15, 0.2) is 0 Å². The summed E-state index contributed by atoms with van der Waals surface area (Å²) in [5.41, 5.74) is 1.79. The molecule has 0 unspecified atom stereocenters. The molecule has 0 aliphatic heterocycles. The fourth-order valence-corrected chi connectivity index (χ4v) is 4.92. The van der Waals surface area contributed by atoms with Crippen LogP contribution in [0.15, 0.2) is 27.3 Å². The van der Waals surface area contributed by atoms with Gasteiger partial charge in [-0.3, -0.25) is 4.79 Å². The molecule has 1 aromatic heterocycles. The summed E-state index contributed by atoms with van der Waals surface area (Å²) in [4.78, 5) is 12.7. The maximum atomic E-state index is 12.7. The highest BCUT2D eigenvalue weighted by Gasteiger charge is 2.19. The number of rotatable bonds is 3. The summed E-state index contributed by atoms with van der Waals surface area (Å²) in [6.45, 7) is 0.795. The summed E-state index contributed by atoms with van der Waals surface area (Å²) in [6, 6.07) is 4.03. The fraction of sp³-hybridized carbons (Fsp3) is 0.500. The predicted octanol–water partition coefficient (Wildman–Crippen LogP) is 5.40. The summed E-state index contributed by atoms with van der Waals surface area (Å²) in [7, 11) is 1.98. The molecule has 1 aliphatic carbocycles. The van der Waals surface area contributed by atoms with Crippen molar-refractivity contribution < 1.29 is 4.79 Å². The van der Waals surface area contributed by atoms with Gasteiger partial charge in [0.05, 0.1) is 11.1 Å². The van der Waals surface area contributed by atoms with Crippen LogP contribution in [0.4, 0.5) is 0 Å². The Hall–Kier alpha value is -0.810. The number of carbonyl (C=O) groups is 1. The number of halogens is 2. The molecule has 3 nitrogen and oxygen atoms in total. The van der Waals surface area contributed by atoms with Crippen molar-refractivity contribution in [1.82, 2.24) is 9.88 Å². The van der Waals surface area contributed by atoms with Crippen LogP contribution in [-0.4, -0.2) is 17.0 Å². The first kappa shape index (κ1) is 17.0. The lowest BCUT2D eigenvalue weighted by Gasteiger charge is -2.14. The molecule has 124 valence electrons. The smallest absolute Gasteiger partial charge is 0.253 e. The minimum Gasteiger partial charge on any atom is -0.352 e. The van der Waals surface area contributed by atoms with Crippen molar-refractivity contribution in [3.8, 4) is 0 Å². The Kier molecular flexibility index (Phi) is 5.47. The van der Waals surface area contributed by atoms with Crippen LogP contribution in [0.1, 0.15) is 48.9 Å². The van der Waals surface area contributed by atoms with Gasteiger partial charge in [0.2, 0.25) is 0 Å². The van der Waals surface area contributed by atoms with Crippen LogP contribution < -0.4 is 5.32 Å². The molecular weight excluding hydrogens is 420 g/mol. The Morgan fingerprint density at radius 2 is 1.91 bits per heavy atom. The Morgan fingerprint density at radius 3 is 2.61 bits per heavy atom. The molecule has 5 heteroatoms. The number of fused-ring (bicyclic) bond motifs is 1. The lowest BCUT2D eigenvalue weighted by Crippen LogP contribution is -2.29. The summed E-state index contributed by atoms with van der Waals surface area (Å²) < 4.78 is 3.95. The van der Waals surface area contributed by atoms with E-state index < -0.39 is 0 Å². The van der Waals surface area contributed by atoms with Crippen LogP contribution in [0.25, 0.3) is 10.9 Å². The van der Waals surface area contributed by atoms with Gasteiger partial charge in [0.1, 0.15) is 0 Å². The molecule has 0 atom stereocenters. The van der Waals surface area contributed by atoms with Gasteiger partial charge in [-0.1, -0.05) is 57.5 Å². The van der Waals surface area contributed by atoms with Crippen molar-refractivity contribution >= 4 is 48.7 Å². The molecule has 1 aliphatic rings. The summed E-state index contributed by atoms with van der Waals surface area (Å²) >= 11 is 7.10. The molecule has 23 heavy (non-hydrogen) atoms. The predicted molar refractivity (Wildman–Crippen MR) is 102 cm³/mol. The SMILES string of the molecule is Cn1cc(C(=O)NCC2CCCCCC2)c2c(Br)cc(Br)cc21. The van der Waals surface area contributed by atoms with Crippen LogP contribution in [0.5, 0.6) is 0 Å². The Labute approximate surface area is 154 Å². The van der Waals surface area contributed by atoms with Gasteiger partial charge in [-0.05, 0) is 30.9 Å². The molecule has 3 rings (SSSR count). The maximum absolute atomic E-state index is 12.7. The summed E-state index contributed by atoms with van der Waals surface area (Å²) in [5, 5.41) is 4.14. The van der Waals surface area contributed by atoms with Gasteiger partial charge in [-0.2, -0.15) is 0 Å². The molecule has 0 spiro atoms. The van der Waals surface area contributed by atoms with Gasteiger partial charge < -0.3 is 9.88 Å². The number of nitrogens with one attached hydrogen (secondary N) is 1. The molecule has 0 bridgehead atoms. The van der Waals surface area contributed by atoms with Crippen LogP contribution in [0.3, 0.4) is 0 Å². The highest BCUT2D eigenvalue weighted by molar-refractivity contribution is 9.11. The molecule has 1 aromatic carbocycles. The third-order valence-electron chi connectivity index (χ3n) is 4.78. The number of aryl methyl sites for hydroxylation is 1. The normalized spacial score (nSPS) is 16.5. The molecule has 2 aromatic rings. The van der Waals surface area contributed by atoms with Crippen LogP contribution in [0.2, 0.25) is 0 Å². The van der Waals surface area contributed by atoms with Crippen LogP contribution >= 0.6 is 31.9 Å². The molecule has 0 radical (unpaired) electrons. The monoisotopic (exact) mass is 440 g/mol. The largest absolute Gasteiger partial charge is 0.352 e. The van der Waals surface area contributed by atoms with E-state index in [1.807, 2.05) is 29.9 Å². The Bertz CT molecular complexity index is 715. The zero-order chi connectivity index (χ0) is 16.4. The van der Waals surface area contributed by atoms with Gasteiger partial charge >= 0.3 is 0 Å². The number of nitrogens with zero attached hydrogens (tertiary/aromatic N) is 1. The van der Waals surface area contributed by atoms with E-state index in [2.05, 4.69) is 37.2 Å². The standard InChI is InChI=1S/C18H22Br2N2O/c1-22-11-14(17-15(20)8-13(19)9-16(17)22)18(23)21-10-12-6-4-2-3-5-7-12/h8-9,11-12H,2-7,10H2,1H3,(H,21,23). The molecule has 1 heterocycles. The van der Waals surface area contributed by atoms with E-state index in [0.29, 0.717) is 5.92 Å². The highest BCUT2D eigenvalue weighted by Crippen LogP contribution is 2.32. The van der Waals surface area contributed by atoms with Crippen molar-refractivity contribution in [3.63, 3.8) is 0 Å². The molecule has 1 fully saturated rings. The van der Waals surface area contributed by atoms with E-state index >= 15 is 0 Å². The zero-order valence-corrected chi connectivity index (χ0v) is 16.5. The van der Waals surface area contributed by atoms with Gasteiger partial charge in [-0.25, -0.2) is 0 Å². The van der Waals surface area contributed by atoms with Crippen molar-refractivity contribution in [2.24, 2.45) is 13.0 Å². The summed E-state index contributed by atoms with van der Waals surface area (Å²) in [5.74, 6) is 0.664. The average molecular weight is 442 g/mol. The number of aromatic nitrogens is 1. The minimum atomic E-state index is 0.0304. The molecule has 1 saturated carbocycles. The third-order valence-corrected chi connectivity index (χ3v) is 5.86. The van der Waals surface area contributed by atoms with Crippen molar-refractivity contribution in [1.29, 1.82) is 0 Å². The van der Waals surface area contributed by atoms with E-state index in [1.165, 1.54) is 38.5 Å². The van der Waals surface area contributed by atoms with E-state index in [-0.39, 0.29) is 5.91 Å². The second-order valence-corrected chi connectivity index (χ2v) is 8.27. The quantitative estimate of drug-likeness (QED) is 0.635. The Balaban J connectivity index is 1.78. The van der Waals surface area contributed by atoms with Crippen molar-refractivity contribution in [2.45, 2.75) is 38.5 Å². The third kappa shape index (κ3) is 3.82. The Morgan fingerprint density at radius 1 is 1.22 bits per heavy atom. The molecule has 1 amide bonds. The van der Waals surface area contributed by atoms with Crippen LogP contribution in [0, 0.1) is 5.92 Å². The molecule has 1 N–H and O–H groups in total. The maximum Gasteiger partial charge on any atom is 0.253 e. The van der Waals surface area contributed by atoms with E-state index in [9.17, 15) is 4.79 Å². The van der Waals surface area contributed by atoms with Gasteiger partial charge in [0, 0.05) is 34.1 Å². The number of hydrogen-bond donors (Lipinski definition) is 1. The van der Waals surface area contributed by atoms with Crippen molar-refractivity contribution in [3.05, 3.63) is 32.8 Å². The second kappa shape index (κ2) is 7.39. The first-order valence-corrected chi connectivity index (χ1v) is 9.87. The lowest BCUT2D eigenvalue weighted by atomic mass is 10.0. The van der Waals surface area contributed by atoms with Gasteiger partial charge in [0.25, 0.3) is 5.91 Å². The zero-order valence-electron chi connectivity index (χ0n) is 13.4.